The third kappa shape index (κ3) is 2.40. The Balaban J connectivity index is 2.52. The zero-order chi connectivity index (χ0) is 12.3. The SMILES string of the molecule is COc1ccc2c(c1)nc(CCS)n2CCO. The van der Waals surface area contributed by atoms with E-state index in [1.165, 1.54) is 0 Å². The molecule has 1 aromatic carbocycles. The summed E-state index contributed by atoms with van der Waals surface area (Å²) in [5, 5.41) is 9.10. The maximum Gasteiger partial charge on any atom is 0.121 e. The first-order chi connectivity index (χ1) is 8.30. The van der Waals surface area contributed by atoms with Gasteiger partial charge >= 0.3 is 0 Å². The van der Waals surface area contributed by atoms with Crippen LogP contribution in [0.3, 0.4) is 0 Å². The highest BCUT2D eigenvalue weighted by atomic mass is 32.1. The van der Waals surface area contributed by atoms with Crippen molar-refractivity contribution in [2.75, 3.05) is 19.5 Å². The van der Waals surface area contributed by atoms with Crippen LogP contribution in [-0.2, 0) is 13.0 Å². The normalized spacial score (nSPS) is 11.0. The summed E-state index contributed by atoms with van der Waals surface area (Å²) in [6, 6.07) is 5.78. The van der Waals surface area contributed by atoms with Crippen molar-refractivity contribution in [3.63, 3.8) is 0 Å². The van der Waals surface area contributed by atoms with Crippen molar-refractivity contribution in [1.82, 2.24) is 9.55 Å². The van der Waals surface area contributed by atoms with Gasteiger partial charge in [-0.25, -0.2) is 4.98 Å². The lowest BCUT2D eigenvalue weighted by Gasteiger charge is -2.06. The van der Waals surface area contributed by atoms with Crippen molar-refractivity contribution in [2.24, 2.45) is 0 Å². The summed E-state index contributed by atoms with van der Waals surface area (Å²) in [5.74, 6) is 2.49. The zero-order valence-electron chi connectivity index (χ0n) is 9.76. The van der Waals surface area contributed by atoms with E-state index in [2.05, 4.69) is 17.6 Å². The van der Waals surface area contributed by atoms with Gasteiger partial charge in [-0.2, -0.15) is 12.6 Å². The molecule has 92 valence electrons. The Hall–Kier alpha value is -1.20. The second kappa shape index (κ2) is 5.42. The van der Waals surface area contributed by atoms with Crippen LogP contribution >= 0.6 is 12.6 Å². The summed E-state index contributed by atoms with van der Waals surface area (Å²) >= 11 is 4.23. The van der Waals surface area contributed by atoms with Crippen molar-refractivity contribution in [1.29, 1.82) is 0 Å². The fraction of sp³-hybridized carbons (Fsp3) is 0.417. The molecule has 0 amide bonds. The molecule has 17 heavy (non-hydrogen) atoms. The standard InChI is InChI=1S/C12H16N2O2S/c1-16-9-2-3-11-10(8-9)13-12(4-7-17)14(11)5-6-15/h2-3,8,15,17H,4-7H2,1H3. The van der Waals surface area contributed by atoms with Crippen LogP contribution in [0.5, 0.6) is 5.75 Å². The summed E-state index contributed by atoms with van der Waals surface area (Å²) in [6.45, 7) is 0.670. The molecule has 0 aliphatic carbocycles. The first-order valence-electron chi connectivity index (χ1n) is 5.55. The lowest BCUT2D eigenvalue weighted by atomic mass is 10.3. The van der Waals surface area contributed by atoms with Crippen molar-refractivity contribution in [2.45, 2.75) is 13.0 Å². The highest BCUT2D eigenvalue weighted by Gasteiger charge is 2.10. The maximum atomic E-state index is 9.10. The minimum Gasteiger partial charge on any atom is -0.497 e. The molecule has 0 aliphatic rings. The summed E-state index contributed by atoms with van der Waals surface area (Å²) in [4.78, 5) is 4.55. The molecule has 4 nitrogen and oxygen atoms in total. The summed E-state index contributed by atoms with van der Waals surface area (Å²) in [7, 11) is 1.64. The van der Waals surface area contributed by atoms with E-state index in [1.54, 1.807) is 7.11 Å². The number of imidazole rings is 1. The maximum absolute atomic E-state index is 9.10. The molecule has 0 bridgehead atoms. The van der Waals surface area contributed by atoms with Gasteiger partial charge in [0.25, 0.3) is 0 Å². The van der Waals surface area contributed by atoms with Crippen LogP contribution in [0, 0.1) is 0 Å². The Morgan fingerprint density at radius 1 is 1.47 bits per heavy atom. The van der Waals surface area contributed by atoms with Gasteiger partial charge < -0.3 is 14.4 Å². The van der Waals surface area contributed by atoms with E-state index in [9.17, 15) is 0 Å². The molecule has 0 saturated heterocycles. The Morgan fingerprint density at radius 3 is 2.94 bits per heavy atom. The predicted octanol–water partition coefficient (Wildman–Crippen LogP) is 1.51. The average molecular weight is 252 g/mol. The third-order valence-corrected chi connectivity index (χ3v) is 2.92. The van der Waals surface area contributed by atoms with Gasteiger partial charge in [0.15, 0.2) is 0 Å². The monoisotopic (exact) mass is 252 g/mol. The van der Waals surface area contributed by atoms with E-state index < -0.39 is 0 Å². The molecule has 0 atom stereocenters. The molecule has 2 rings (SSSR count). The second-order valence-corrected chi connectivity index (χ2v) is 4.18. The Bertz CT molecular complexity index is 510. The van der Waals surface area contributed by atoms with Gasteiger partial charge in [0.1, 0.15) is 11.6 Å². The van der Waals surface area contributed by atoms with Crippen molar-refractivity contribution in [3.8, 4) is 5.75 Å². The Labute approximate surface area is 106 Å². The predicted molar refractivity (Wildman–Crippen MR) is 70.9 cm³/mol. The molecule has 0 radical (unpaired) electrons. The van der Waals surface area contributed by atoms with E-state index in [0.29, 0.717) is 6.54 Å². The molecule has 0 unspecified atom stereocenters. The van der Waals surface area contributed by atoms with Gasteiger partial charge in [0.05, 0.1) is 24.8 Å². The number of fused-ring (bicyclic) bond motifs is 1. The van der Waals surface area contributed by atoms with Crippen molar-refractivity contribution >= 4 is 23.7 Å². The fourth-order valence-corrected chi connectivity index (χ4v) is 2.13. The molecule has 0 fully saturated rings. The van der Waals surface area contributed by atoms with Gasteiger partial charge in [0, 0.05) is 19.0 Å². The van der Waals surface area contributed by atoms with Crippen LogP contribution < -0.4 is 4.74 Å². The number of aryl methyl sites for hydroxylation is 1. The van der Waals surface area contributed by atoms with Crippen LogP contribution in [0.2, 0.25) is 0 Å². The van der Waals surface area contributed by atoms with Crippen LogP contribution in [0.15, 0.2) is 18.2 Å². The first-order valence-corrected chi connectivity index (χ1v) is 6.18. The zero-order valence-corrected chi connectivity index (χ0v) is 10.7. The molecular formula is C12H16N2O2S. The number of hydrogen-bond acceptors (Lipinski definition) is 4. The van der Waals surface area contributed by atoms with E-state index in [1.807, 2.05) is 22.8 Å². The molecule has 0 saturated carbocycles. The number of rotatable bonds is 5. The quantitative estimate of drug-likeness (QED) is 0.793. The number of ether oxygens (including phenoxy) is 1. The topological polar surface area (TPSA) is 47.3 Å². The minimum absolute atomic E-state index is 0.108. The number of hydrogen-bond donors (Lipinski definition) is 2. The Kier molecular flexibility index (Phi) is 3.91. The summed E-state index contributed by atoms with van der Waals surface area (Å²) in [5.41, 5.74) is 1.92. The minimum atomic E-state index is 0.108. The lowest BCUT2D eigenvalue weighted by molar-refractivity contribution is 0.276. The van der Waals surface area contributed by atoms with Crippen molar-refractivity contribution in [3.05, 3.63) is 24.0 Å². The van der Waals surface area contributed by atoms with E-state index in [-0.39, 0.29) is 6.61 Å². The first kappa shape index (κ1) is 12.3. The molecule has 2 aromatic rings. The van der Waals surface area contributed by atoms with Gasteiger partial charge in [-0.3, -0.25) is 0 Å². The van der Waals surface area contributed by atoms with Gasteiger partial charge in [-0.15, -0.1) is 0 Å². The van der Waals surface area contributed by atoms with Crippen molar-refractivity contribution < 1.29 is 9.84 Å². The largest absolute Gasteiger partial charge is 0.497 e. The molecular weight excluding hydrogens is 236 g/mol. The highest BCUT2D eigenvalue weighted by Crippen LogP contribution is 2.22. The van der Waals surface area contributed by atoms with E-state index in [4.69, 9.17) is 9.84 Å². The number of thiol groups is 1. The van der Waals surface area contributed by atoms with Gasteiger partial charge in [-0.1, -0.05) is 0 Å². The molecule has 0 spiro atoms. The highest BCUT2D eigenvalue weighted by molar-refractivity contribution is 7.80. The van der Waals surface area contributed by atoms with E-state index >= 15 is 0 Å². The second-order valence-electron chi connectivity index (χ2n) is 3.73. The number of methoxy groups -OCH3 is 1. The number of aliphatic hydroxyl groups is 1. The smallest absolute Gasteiger partial charge is 0.121 e. The van der Waals surface area contributed by atoms with Crippen LogP contribution in [-0.4, -0.2) is 34.1 Å². The number of aromatic nitrogens is 2. The Morgan fingerprint density at radius 2 is 2.29 bits per heavy atom. The van der Waals surface area contributed by atoms with Gasteiger partial charge in [0.2, 0.25) is 0 Å². The number of benzene rings is 1. The molecule has 5 heteroatoms. The summed E-state index contributed by atoms with van der Waals surface area (Å²) in [6.07, 6.45) is 0.792. The van der Waals surface area contributed by atoms with Crippen LogP contribution in [0.25, 0.3) is 11.0 Å². The molecule has 1 aromatic heterocycles. The number of aliphatic hydroxyl groups excluding tert-OH is 1. The van der Waals surface area contributed by atoms with Crippen LogP contribution in [0.1, 0.15) is 5.82 Å². The van der Waals surface area contributed by atoms with Crippen LogP contribution in [0.4, 0.5) is 0 Å². The molecule has 1 N–H and O–H groups in total. The fourth-order valence-electron chi connectivity index (χ4n) is 1.93. The molecule has 1 heterocycles. The third-order valence-electron chi connectivity index (χ3n) is 2.69. The molecule has 0 aliphatic heterocycles. The lowest BCUT2D eigenvalue weighted by Crippen LogP contribution is -2.07. The van der Waals surface area contributed by atoms with Gasteiger partial charge in [-0.05, 0) is 17.9 Å². The summed E-state index contributed by atoms with van der Waals surface area (Å²) < 4.78 is 7.21. The number of nitrogens with zero attached hydrogens (tertiary/aromatic N) is 2. The van der Waals surface area contributed by atoms with E-state index in [0.717, 1.165) is 34.8 Å². The average Bonchev–Trinajstić information content (AvgIpc) is 2.68.